The zero-order valence-electron chi connectivity index (χ0n) is 14.5. The zero-order valence-corrected chi connectivity index (χ0v) is 16.1. The molecule has 3 aromatic carbocycles. The van der Waals surface area contributed by atoms with E-state index in [-0.39, 0.29) is 6.61 Å². The van der Waals surface area contributed by atoms with Crippen molar-refractivity contribution in [1.29, 1.82) is 5.26 Å². The number of hydrogen-bond donors (Lipinski definition) is 0. The predicted octanol–water partition coefficient (Wildman–Crippen LogP) is 5.45. The lowest BCUT2D eigenvalue weighted by molar-refractivity contribution is 0.132. The van der Waals surface area contributed by atoms with Crippen molar-refractivity contribution >= 4 is 22.1 Å². The van der Waals surface area contributed by atoms with Crippen LogP contribution in [0.2, 0.25) is 0 Å². The monoisotopic (exact) mass is 420 g/mol. The maximum absolute atomic E-state index is 9.06. The summed E-state index contributed by atoms with van der Waals surface area (Å²) < 4.78 is 6.68. The minimum absolute atomic E-state index is 0.250. The van der Waals surface area contributed by atoms with E-state index in [0.717, 1.165) is 26.9 Å². The molecule has 0 N–H and O–H groups in total. The molecule has 0 saturated carbocycles. The van der Waals surface area contributed by atoms with Crippen molar-refractivity contribution in [3.63, 3.8) is 0 Å². The van der Waals surface area contributed by atoms with Gasteiger partial charge in [-0.3, -0.25) is 0 Å². The highest BCUT2D eigenvalue weighted by atomic mass is 79.9. The Balaban J connectivity index is 1.55. The van der Waals surface area contributed by atoms with Crippen molar-refractivity contribution in [2.75, 3.05) is 0 Å². The standard InChI is InChI=1S/C22H17BrN2O2/c23-21-12-18(10-11-22(21)26-15-17-6-2-1-3-7-17)14-25-27-16-20-9-5-4-8-19(20)13-24/h1-12,14H,15-16H2/b25-14-. The van der Waals surface area contributed by atoms with Gasteiger partial charge in [-0.25, -0.2) is 0 Å². The Labute approximate surface area is 166 Å². The molecule has 27 heavy (non-hydrogen) atoms. The molecule has 0 amide bonds. The summed E-state index contributed by atoms with van der Waals surface area (Å²) in [7, 11) is 0. The Morgan fingerprint density at radius 3 is 2.52 bits per heavy atom. The number of nitriles is 1. The molecule has 0 bridgehead atoms. The minimum Gasteiger partial charge on any atom is -0.488 e. The quantitative estimate of drug-likeness (QED) is 0.377. The number of ether oxygens (including phenoxy) is 1. The summed E-state index contributed by atoms with van der Waals surface area (Å²) in [4.78, 5) is 5.31. The van der Waals surface area contributed by atoms with Crippen LogP contribution in [0.25, 0.3) is 0 Å². The van der Waals surface area contributed by atoms with Crippen LogP contribution < -0.4 is 4.74 Å². The highest BCUT2D eigenvalue weighted by Gasteiger charge is 2.03. The molecule has 0 unspecified atom stereocenters. The summed E-state index contributed by atoms with van der Waals surface area (Å²) >= 11 is 3.52. The second kappa shape index (κ2) is 9.56. The van der Waals surface area contributed by atoms with Gasteiger partial charge >= 0.3 is 0 Å². The number of oxime groups is 1. The van der Waals surface area contributed by atoms with Gasteiger partial charge in [0, 0.05) is 5.56 Å². The number of halogens is 1. The molecule has 3 aromatic rings. The topological polar surface area (TPSA) is 54.6 Å². The Kier molecular flexibility index (Phi) is 6.61. The van der Waals surface area contributed by atoms with Crippen LogP contribution in [0.15, 0.2) is 82.4 Å². The van der Waals surface area contributed by atoms with Gasteiger partial charge in [-0.15, -0.1) is 0 Å². The largest absolute Gasteiger partial charge is 0.488 e. The number of rotatable bonds is 7. The van der Waals surface area contributed by atoms with Crippen molar-refractivity contribution < 1.29 is 9.57 Å². The van der Waals surface area contributed by atoms with Crippen LogP contribution in [0.1, 0.15) is 22.3 Å². The molecule has 0 saturated heterocycles. The number of nitrogens with zero attached hydrogens (tertiary/aromatic N) is 2. The Hall–Kier alpha value is -3.10. The summed E-state index contributed by atoms with van der Waals surface area (Å²) in [5.74, 6) is 0.764. The second-order valence-electron chi connectivity index (χ2n) is 5.74. The molecule has 0 atom stereocenters. The van der Waals surface area contributed by atoms with Crippen molar-refractivity contribution in [2.24, 2.45) is 5.16 Å². The third-order valence-corrected chi connectivity index (χ3v) is 4.45. The van der Waals surface area contributed by atoms with Crippen LogP contribution >= 0.6 is 15.9 Å². The summed E-state index contributed by atoms with van der Waals surface area (Å²) in [6, 6.07) is 25.2. The van der Waals surface area contributed by atoms with E-state index in [1.807, 2.05) is 66.7 Å². The lowest BCUT2D eigenvalue weighted by Crippen LogP contribution is -1.96. The summed E-state index contributed by atoms with van der Waals surface area (Å²) in [6.07, 6.45) is 1.63. The van der Waals surface area contributed by atoms with Crippen molar-refractivity contribution in [3.05, 3.63) is 99.5 Å². The molecule has 0 heterocycles. The molecule has 0 aliphatic heterocycles. The van der Waals surface area contributed by atoms with E-state index in [1.54, 1.807) is 12.3 Å². The Bertz CT molecular complexity index is 966. The van der Waals surface area contributed by atoms with Crippen LogP contribution in [0.4, 0.5) is 0 Å². The van der Waals surface area contributed by atoms with E-state index in [4.69, 9.17) is 14.8 Å². The molecule has 3 rings (SSSR count). The first-order valence-electron chi connectivity index (χ1n) is 8.36. The molecule has 0 radical (unpaired) electrons. The van der Waals surface area contributed by atoms with Gasteiger partial charge in [-0.2, -0.15) is 5.26 Å². The van der Waals surface area contributed by atoms with Gasteiger partial charge in [0.1, 0.15) is 19.0 Å². The van der Waals surface area contributed by atoms with Gasteiger partial charge in [0.2, 0.25) is 0 Å². The number of benzene rings is 3. The fourth-order valence-electron chi connectivity index (χ4n) is 2.41. The summed E-state index contributed by atoms with van der Waals surface area (Å²) in [6.45, 7) is 0.758. The fourth-order valence-corrected chi connectivity index (χ4v) is 2.92. The molecule has 5 heteroatoms. The number of hydrogen-bond acceptors (Lipinski definition) is 4. The summed E-state index contributed by atoms with van der Waals surface area (Å²) in [5.41, 5.74) is 3.39. The normalized spacial score (nSPS) is 10.5. The van der Waals surface area contributed by atoms with Gasteiger partial charge in [0.05, 0.1) is 22.3 Å². The van der Waals surface area contributed by atoms with Gasteiger partial charge in [0.25, 0.3) is 0 Å². The SMILES string of the molecule is N#Cc1ccccc1CO/N=C\c1ccc(OCc2ccccc2)c(Br)c1. The van der Waals surface area contributed by atoms with Gasteiger partial charge < -0.3 is 9.57 Å². The molecule has 0 aliphatic carbocycles. The molecule has 0 aromatic heterocycles. The molecule has 134 valence electrons. The van der Waals surface area contributed by atoms with Gasteiger partial charge in [-0.05, 0) is 51.3 Å². The van der Waals surface area contributed by atoms with Crippen molar-refractivity contribution in [1.82, 2.24) is 0 Å². The lowest BCUT2D eigenvalue weighted by Gasteiger charge is -2.08. The average molecular weight is 421 g/mol. The molecule has 0 spiro atoms. The fraction of sp³-hybridized carbons (Fsp3) is 0.0909. The van der Waals surface area contributed by atoms with Crippen molar-refractivity contribution in [3.8, 4) is 11.8 Å². The Morgan fingerprint density at radius 1 is 0.963 bits per heavy atom. The highest BCUT2D eigenvalue weighted by Crippen LogP contribution is 2.26. The van der Waals surface area contributed by atoms with Gasteiger partial charge in [-0.1, -0.05) is 53.7 Å². The van der Waals surface area contributed by atoms with Crippen LogP contribution in [-0.4, -0.2) is 6.21 Å². The van der Waals surface area contributed by atoms with E-state index >= 15 is 0 Å². The van der Waals surface area contributed by atoms with E-state index in [9.17, 15) is 0 Å². The highest BCUT2D eigenvalue weighted by molar-refractivity contribution is 9.10. The van der Waals surface area contributed by atoms with Crippen LogP contribution in [-0.2, 0) is 18.1 Å². The van der Waals surface area contributed by atoms with E-state index < -0.39 is 0 Å². The third-order valence-electron chi connectivity index (χ3n) is 3.83. The predicted molar refractivity (Wildman–Crippen MR) is 108 cm³/mol. The minimum atomic E-state index is 0.250. The first-order chi connectivity index (χ1) is 13.3. The molecule has 4 nitrogen and oxygen atoms in total. The first kappa shape index (κ1) is 18.7. The summed E-state index contributed by atoms with van der Waals surface area (Å²) in [5, 5.41) is 13.0. The van der Waals surface area contributed by atoms with Crippen LogP contribution in [0.3, 0.4) is 0 Å². The lowest BCUT2D eigenvalue weighted by atomic mass is 10.1. The van der Waals surface area contributed by atoms with E-state index in [2.05, 4.69) is 27.2 Å². The smallest absolute Gasteiger partial charge is 0.143 e. The van der Waals surface area contributed by atoms with E-state index in [1.165, 1.54) is 0 Å². The Morgan fingerprint density at radius 2 is 1.74 bits per heavy atom. The van der Waals surface area contributed by atoms with Crippen LogP contribution in [0.5, 0.6) is 5.75 Å². The third kappa shape index (κ3) is 5.44. The van der Waals surface area contributed by atoms with Crippen LogP contribution in [0, 0.1) is 11.3 Å². The maximum atomic E-state index is 9.06. The molecular formula is C22H17BrN2O2. The van der Waals surface area contributed by atoms with E-state index in [0.29, 0.717) is 12.2 Å². The maximum Gasteiger partial charge on any atom is 0.143 e. The van der Waals surface area contributed by atoms with Gasteiger partial charge in [0.15, 0.2) is 0 Å². The molecule has 0 fully saturated rings. The second-order valence-corrected chi connectivity index (χ2v) is 6.60. The van der Waals surface area contributed by atoms with Crippen molar-refractivity contribution in [2.45, 2.75) is 13.2 Å². The first-order valence-corrected chi connectivity index (χ1v) is 9.15. The molecule has 0 aliphatic rings. The zero-order chi connectivity index (χ0) is 18.9. The molecular weight excluding hydrogens is 404 g/mol. The average Bonchev–Trinajstić information content (AvgIpc) is 2.71.